The molecule has 1 aromatic carbocycles. The summed E-state index contributed by atoms with van der Waals surface area (Å²) < 4.78 is 10.3. The molecule has 2 aromatic heterocycles. The van der Waals surface area contributed by atoms with Crippen molar-refractivity contribution in [2.45, 2.75) is 13.2 Å². The first-order valence-corrected chi connectivity index (χ1v) is 10.6. The van der Waals surface area contributed by atoms with Crippen molar-refractivity contribution in [1.82, 2.24) is 19.0 Å². The molecule has 0 bridgehead atoms. The first kappa shape index (κ1) is 20.8. The van der Waals surface area contributed by atoms with E-state index in [-0.39, 0.29) is 0 Å². The number of ether oxygens (including phenoxy) is 1. The highest BCUT2D eigenvalue weighted by atomic mass is 35.5. The van der Waals surface area contributed by atoms with Gasteiger partial charge in [-0.25, -0.2) is 4.98 Å². The van der Waals surface area contributed by atoms with E-state index in [9.17, 15) is 0 Å². The van der Waals surface area contributed by atoms with Crippen LogP contribution in [-0.4, -0.2) is 58.9 Å². The van der Waals surface area contributed by atoms with E-state index >= 15 is 0 Å². The normalized spacial score (nSPS) is 14.9. The number of pyridine rings is 1. The number of benzene rings is 1. The van der Waals surface area contributed by atoms with Crippen molar-refractivity contribution in [2.24, 2.45) is 0 Å². The molecule has 0 spiro atoms. The second-order valence-corrected chi connectivity index (χ2v) is 8.05. The largest absolute Gasteiger partial charge is 0.383 e. The van der Waals surface area contributed by atoms with Crippen LogP contribution in [0.2, 0.25) is 5.02 Å². The Bertz CT molecular complexity index is 1140. The summed E-state index contributed by atoms with van der Waals surface area (Å²) in [4.78, 5) is 9.02. The summed E-state index contributed by atoms with van der Waals surface area (Å²) in [7, 11) is 1.69. The van der Waals surface area contributed by atoms with E-state index < -0.39 is 0 Å². The molecule has 156 valence electrons. The van der Waals surface area contributed by atoms with Crippen LogP contribution in [0.15, 0.2) is 36.5 Å². The Hall–Kier alpha value is -2.44. The molecule has 1 saturated heterocycles. The Labute approximate surface area is 185 Å². The van der Waals surface area contributed by atoms with Crippen LogP contribution < -0.4 is 4.90 Å². The highest BCUT2D eigenvalue weighted by molar-refractivity contribution is 7.71. The molecule has 0 aliphatic carbocycles. The number of anilines is 1. The van der Waals surface area contributed by atoms with Crippen molar-refractivity contribution < 1.29 is 4.74 Å². The van der Waals surface area contributed by atoms with E-state index in [0.717, 1.165) is 47.8 Å². The van der Waals surface area contributed by atoms with E-state index in [0.29, 0.717) is 30.4 Å². The number of hydrogen-bond donors (Lipinski definition) is 0. The van der Waals surface area contributed by atoms with Gasteiger partial charge in [0.15, 0.2) is 4.77 Å². The molecule has 1 aliphatic rings. The fourth-order valence-electron chi connectivity index (χ4n) is 3.81. The lowest BCUT2D eigenvalue weighted by atomic mass is 10.2. The average molecular weight is 443 g/mol. The van der Waals surface area contributed by atoms with Crippen molar-refractivity contribution in [1.29, 1.82) is 5.26 Å². The van der Waals surface area contributed by atoms with Gasteiger partial charge in [0.05, 0.1) is 35.9 Å². The van der Waals surface area contributed by atoms with Crippen molar-refractivity contribution >= 4 is 40.7 Å². The summed E-state index contributed by atoms with van der Waals surface area (Å²) in [5, 5.41) is 9.82. The molecule has 7 nitrogen and oxygen atoms in total. The quantitative estimate of drug-likeness (QED) is 0.544. The molecule has 0 atom stereocenters. The Morgan fingerprint density at radius 1 is 1.13 bits per heavy atom. The summed E-state index contributed by atoms with van der Waals surface area (Å²) in [6, 6.07) is 11.6. The molecule has 1 aliphatic heterocycles. The summed E-state index contributed by atoms with van der Waals surface area (Å²) in [5.41, 5.74) is 2.74. The van der Waals surface area contributed by atoms with Gasteiger partial charge >= 0.3 is 0 Å². The second kappa shape index (κ2) is 9.14. The third-order valence-electron chi connectivity index (χ3n) is 5.41. The van der Waals surface area contributed by atoms with Crippen LogP contribution in [0.4, 0.5) is 5.82 Å². The van der Waals surface area contributed by atoms with Gasteiger partial charge < -0.3 is 18.8 Å². The van der Waals surface area contributed by atoms with Crippen molar-refractivity contribution in [3.05, 3.63) is 51.9 Å². The number of nitriles is 1. The summed E-state index contributed by atoms with van der Waals surface area (Å²) in [5.74, 6) is 0.855. The van der Waals surface area contributed by atoms with Crippen LogP contribution in [0.5, 0.6) is 0 Å². The van der Waals surface area contributed by atoms with Crippen LogP contribution in [0.3, 0.4) is 0 Å². The van der Waals surface area contributed by atoms with Gasteiger partial charge in [0.2, 0.25) is 0 Å². The smallest absolute Gasteiger partial charge is 0.181 e. The van der Waals surface area contributed by atoms with Crippen LogP contribution in [0, 0.1) is 16.1 Å². The van der Waals surface area contributed by atoms with Gasteiger partial charge in [0, 0.05) is 51.1 Å². The van der Waals surface area contributed by atoms with E-state index in [4.69, 9.17) is 33.8 Å². The van der Waals surface area contributed by atoms with Crippen molar-refractivity contribution in [3.63, 3.8) is 0 Å². The lowest BCUT2D eigenvalue weighted by Crippen LogP contribution is -2.47. The van der Waals surface area contributed by atoms with Crippen LogP contribution in [0.25, 0.3) is 11.0 Å². The molecule has 1 fully saturated rings. The van der Waals surface area contributed by atoms with Gasteiger partial charge in [-0.15, -0.1) is 0 Å². The minimum absolute atomic E-state index is 0.601. The topological polar surface area (TPSA) is 62.2 Å². The summed E-state index contributed by atoms with van der Waals surface area (Å²) >= 11 is 12.1. The second-order valence-electron chi connectivity index (χ2n) is 7.25. The number of hydrogen-bond acceptors (Lipinski definition) is 6. The van der Waals surface area contributed by atoms with Gasteiger partial charge in [-0.1, -0.05) is 11.6 Å². The third-order valence-corrected chi connectivity index (χ3v) is 6.09. The maximum Gasteiger partial charge on any atom is 0.181 e. The Kier molecular flexibility index (Phi) is 6.35. The number of halogens is 1. The molecule has 3 heterocycles. The molecule has 9 heteroatoms. The molecule has 0 radical (unpaired) electrons. The predicted molar refractivity (Wildman–Crippen MR) is 120 cm³/mol. The van der Waals surface area contributed by atoms with Gasteiger partial charge in [-0.3, -0.25) is 4.90 Å². The Morgan fingerprint density at radius 3 is 2.67 bits per heavy atom. The minimum atomic E-state index is 0.601. The first-order chi connectivity index (χ1) is 14.6. The van der Waals surface area contributed by atoms with Gasteiger partial charge in [0.25, 0.3) is 0 Å². The number of fused-ring (bicyclic) bond motifs is 1. The monoisotopic (exact) mass is 442 g/mol. The van der Waals surface area contributed by atoms with Crippen LogP contribution in [-0.2, 0) is 18.0 Å². The number of rotatable bonds is 6. The van der Waals surface area contributed by atoms with Gasteiger partial charge in [-0.2, -0.15) is 5.26 Å². The fraction of sp³-hybridized carbons (Fsp3) is 0.381. The number of aromatic nitrogens is 3. The molecule has 3 aromatic rings. The average Bonchev–Trinajstić information content (AvgIpc) is 3.03. The predicted octanol–water partition coefficient (Wildman–Crippen LogP) is 3.52. The zero-order chi connectivity index (χ0) is 21.1. The van der Waals surface area contributed by atoms with E-state index in [2.05, 4.69) is 30.0 Å². The summed E-state index contributed by atoms with van der Waals surface area (Å²) in [6.07, 6.45) is 1.69. The number of nitrogens with zero attached hydrogens (tertiary/aromatic N) is 6. The molecular weight excluding hydrogens is 420 g/mol. The highest BCUT2D eigenvalue weighted by Crippen LogP contribution is 2.23. The standard InChI is InChI=1S/C21H23ClN6OS/c1-29-11-10-27-18-3-2-17(22)13-19(18)28(21(27)30)15-25-6-8-26(9-7-25)20-12-16(14-23)4-5-24-20/h2-5,12-13H,6-11,15H2,1H3. The summed E-state index contributed by atoms with van der Waals surface area (Å²) in [6.45, 7) is 5.46. The maximum absolute atomic E-state index is 9.12. The van der Waals surface area contributed by atoms with E-state index in [1.54, 1.807) is 19.4 Å². The maximum atomic E-state index is 9.12. The third kappa shape index (κ3) is 4.20. The molecule has 0 unspecified atom stereocenters. The van der Waals surface area contributed by atoms with Gasteiger partial charge in [0.1, 0.15) is 5.82 Å². The Balaban J connectivity index is 1.52. The first-order valence-electron chi connectivity index (χ1n) is 9.81. The van der Waals surface area contributed by atoms with Crippen LogP contribution >= 0.6 is 23.8 Å². The number of piperazine rings is 1. The number of methoxy groups -OCH3 is 1. The minimum Gasteiger partial charge on any atom is -0.383 e. The van der Waals surface area contributed by atoms with E-state index in [1.165, 1.54) is 0 Å². The number of imidazole rings is 1. The highest BCUT2D eigenvalue weighted by Gasteiger charge is 2.20. The molecule has 0 amide bonds. The van der Waals surface area contributed by atoms with Crippen molar-refractivity contribution in [2.75, 3.05) is 44.8 Å². The van der Waals surface area contributed by atoms with E-state index in [1.807, 2.05) is 24.3 Å². The lowest BCUT2D eigenvalue weighted by molar-refractivity contribution is 0.185. The van der Waals surface area contributed by atoms with Crippen molar-refractivity contribution in [3.8, 4) is 6.07 Å². The molecule has 30 heavy (non-hydrogen) atoms. The molecule has 4 rings (SSSR count). The Morgan fingerprint density at radius 2 is 1.93 bits per heavy atom. The molecule has 0 N–H and O–H groups in total. The van der Waals surface area contributed by atoms with Gasteiger partial charge in [-0.05, 0) is 42.5 Å². The molecular formula is C21H23ClN6OS. The molecule has 0 saturated carbocycles. The zero-order valence-corrected chi connectivity index (χ0v) is 18.4. The fourth-order valence-corrected chi connectivity index (χ4v) is 4.32. The van der Waals surface area contributed by atoms with Crippen LogP contribution in [0.1, 0.15) is 5.56 Å². The SMILES string of the molecule is COCCn1c(=S)n(CN2CCN(c3cc(C#N)ccn3)CC2)c2cc(Cl)ccc21. The zero-order valence-electron chi connectivity index (χ0n) is 16.8. The lowest BCUT2D eigenvalue weighted by Gasteiger charge is -2.35.